The molecule has 1 heterocycles. The fourth-order valence-corrected chi connectivity index (χ4v) is 3.98. The van der Waals surface area contributed by atoms with E-state index >= 15 is 0 Å². The zero-order chi connectivity index (χ0) is 22.5. The molecule has 3 atom stereocenters. The number of benzene rings is 1. The number of hydrogen-bond donors (Lipinski definition) is 4. The minimum atomic E-state index is -1.64. The number of amides is 2. The van der Waals surface area contributed by atoms with E-state index in [2.05, 4.69) is 10.6 Å². The SMILES string of the molecule is COc1ccc(N2CC[C@H]2C(=O)N[C@@H](CC2CC2)C(=O)N[C@@H](CC(C)C)B(O)O)cc1. The largest absolute Gasteiger partial charge is 0.497 e. The minimum Gasteiger partial charge on any atom is -0.497 e. The van der Waals surface area contributed by atoms with Crippen LogP contribution in [0.2, 0.25) is 0 Å². The molecule has 1 aliphatic carbocycles. The third-order valence-corrected chi connectivity index (χ3v) is 6.04. The highest BCUT2D eigenvalue weighted by Crippen LogP contribution is 2.34. The molecule has 170 valence electrons. The van der Waals surface area contributed by atoms with Crippen LogP contribution in [0, 0.1) is 11.8 Å². The molecule has 1 aromatic carbocycles. The molecule has 31 heavy (non-hydrogen) atoms. The number of carbonyl (C=O) groups is 2. The van der Waals surface area contributed by atoms with E-state index in [1.165, 1.54) is 0 Å². The maximum atomic E-state index is 13.0. The smallest absolute Gasteiger partial charge is 0.475 e. The van der Waals surface area contributed by atoms with Crippen molar-refractivity contribution in [3.63, 3.8) is 0 Å². The summed E-state index contributed by atoms with van der Waals surface area (Å²) in [5.41, 5.74) is 0.941. The lowest BCUT2D eigenvalue weighted by atomic mass is 9.75. The molecule has 9 heteroatoms. The van der Waals surface area contributed by atoms with Gasteiger partial charge >= 0.3 is 7.12 Å². The van der Waals surface area contributed by atoms with E-state index in [1.54, 1.807) is 7.11 Å². The molecule has 2 amide bonds. The van der Waals surface area contributed by atoms with Gasteiger partial charge in [0, 0.05) is 12.2 Å². The van der Waals surface area contributed by atoms with E-state index < -0.39 is 19.1 Å². The Balaban J connectivity index is 1.62. The molecule has 8 nitrogen and oxygen atoms in total. The zero-order valence-corrected chi connectivity index (χ0v) is 18.6. The van der Waals surface area contributed by atoms with E-state index in [9.17, 15) is 19.6 Å². The molecule has 0 aromatic heterocycles. The summed E-state index contributed by atoms with van der Waals surface area (Å²) in [5.74, 6) is 0.0931. The summed E-state index contributed by atoms with van der Waals surface area (Å²) in [7, 11) is -0.0256. The Hall–Kier alpha value is -2.26. The molecule has 3 rings (SSSR count). The van der Waals surface area contributed by atoms with E-state index in [0.717, 1.165) is 37.2 Å². The van der Waals surface area contributed by atoms with E-state index in [1.807, 2.05) is 43.0 Å². The highest BCUT2D eigenvalue weighted by atomic mass is 16.5. The van der Waals surface area contributed by atoms with Gasteiger partial charge < -0.3 is 30.3 Å². The van der Waals surface area contributed by atoms with Crippen molar-refractivity contribution in [2.24, 2.45) is 11.8 Å². The van der Waals surface area contributed by atoms with Gasteiger partial charge in [-0.2, -0.15) is 0 Å². The number of rotatable bonds is 11. The summed E-state index contributed by atoms with van der Waals surface area (Å²) in [6.07, 6.45) is 3.85. The zero-order valence-electron chi connectivity index (χ0n) is 18.6. The number of hydrogen-bond acceptors (Lipinski definition) is 6. The van der Waals surface area contributed by atoms with E-state index in [4.69, 9.17) is 4.74 Å². The van der Waals surface area contributed by atoms with Gasteiger partial charge in [-0.05, 0) is 55.4 Å². The van der Waals surface area contributed by atoms with Crippen LogP contribution < -0.4 is 20.3 Å². The Bertz CT molecular complexity index is 754. The average molecular weight is 431 g/mol. The highest BCUT2D eigenvalue weighted by molar-refractivity contribution is 6.43. The van der Waals surface area contributed by atoms with Crippen LogP contribution in [0.5, 0.6) is 5.75 Å². The van der Waals surface area contributed by atoms with Crippen molar-refractivity contribution in [1.82, 2.24) is 10.6 Å². The van der Waals surface area contributed by atoms with Gasteiger partial charge in [0.15, 0.2) is 0 Å². The van der Waals surface area contributed by atoms with Crippen molar-refractivity contribution in [1.29, 1.82) is 0 Å². The van der Waals surface area contributed by atoms with Gasteiger partial charge in [-0.25, -0.2) is 0 Å². The molecule has 1 saturated carbocycles. The standard InChI is InChI=1S/C22H34BN3O5/c1-14(2)12-20(23(29)30)25-21(27)18(13-15-4-5-15)24-22(28)19-10-11-26(19)16-6-8-17(31-3)9-7-16/h6-9,14-15,18-20,29-30H,4-5,10-13H2,1-3H3,(H,24,28)(H,25,27)/t18-,19-,20-/m0/s1. The second-order valence-electron chi connectivity index (χ2n) is 9.09. The Morgan fingerprint density at radius 1 is 1.16 bits per heavy atom. The van der Waals surface area contributed by atoms with Gasteiger partial charge in [0.25, 0.3) is 0 Å². The molecule has 1 saturated heterocycles. The first-order valence-electron chi connectivity index (χ1n) is 11.2. The van der Waals surface area contributed by atoms with Crippen molar-refractivity contribution in [2.45, 2.75) is 64.0 Å². The fourth-order valence-electron chi connectivity index (χ4n) is 3.98. The Morgan fingerprint density at radius 2 is 1.84 bits per heavy atom. The molecular weight excluding hydrogens is 397 g/mol. The number of ether oxygens (including phenoxy) is 1. The van der Waals surface area contributed by atoms with Crippen LogP contribution >= 0.6 is 0 Å². The van der Waals surface area contributed by atoms with Gasteiger partial charge in [-0.15, -0.1) is 0 Å². The monoisotopic (exact) mass is 431 g/mol. The molecule has 0 radical (unpaired) electrons. The summed E-state index contributed by atoms with van der Waals surface area (Å²) in [5, 5.41) is 24.9. The van der Waals surface area contributed by atoms with Gasteiger partial charge in [-0.1, -0.05) is 26.7 Å². The molecule has 1 aliphatic heterocycles. The maximum Gasteiger partial charge on any atom is 0.475 e. The van der Waals surface area contributed by atoms with Crippen LogP contribution in [0.4, 0.5) is 5.69 Å². The van der Waals surface area contributed by atoms with Crippen molar-refractivity contribution in [3.8, 4) is 5.75 Å². The Morgan fingerprint density at radius 3 is 2.32 bits per heavy atom. The van der Waals surface area contributed by atoms with Crippen LogP contribution in [0.25, 0.3) is 0 Å². The lowest BCUT2D eigenvalue weighted by Crippen LogP contribution is -2.61. The second-order valence-corrected chi connectivity index (χ2v) is 9.09. The normalized spacial score (nSPS) is 19.9. The maximum absolute atomic E-state index is 13.0. The molecule has 2 fully saturated rings. The predicted octanol–water partition coefficient (Wildman–Crippen LogP) is 1.10. The summed E-state index contributed by atoms with van der Waals surface area (Å²) in [4.78, 5) is 27.9. The van der Waals surface area contributed by atoms with Gasteiger partial charge in [-0.3, -0.25) is 9.59 Å². The summed E-state index contributed by atoms with van der Waals surface area (Å²) < 4.78 is 5.19. The summed E-state index contributed by atoms with van der Waals surface area (Å²) in [6.45, 7) is 4.68. The second kappa shape index (κ2) is 10.4. The van der Waals surface area contributed by atoms with Crippen LogP contribution in [0.1, 0.15) is 46.0 Å². The lowest BCUT2D eigenvalue weighted by Gasteiger charge is -2.42. The quantitative estimate of drug-likeness (QED) is 0.391. The molecule has 4 N–H and O–H groups in total. The van der Waals surface area contributed by atoms with Crippen molar-refractivity contribution < 1.29 is 24.4 Å². The van der Waals surface area contributed by atoms with Crippen LogP contribution in [0.15, 0.2) is 24.3 Å². The first-order chi connectivity index (χ1) is 14.8. The fraction of sp³-hybridized carbons (Fsp3) is 0.636. The lowest BCUT2D eigenvalue weighted by molar-refractivity contribution is -0.130. The number of nitrogens with zero attached hydrogens (tertiary/aromatic N) is 1. The minimum absolute atomic E-state index is 0.173. The van der Waals surface area contributed by atoms with Gasteiger partial charge in [0.05, 0.1) is 13.1 Å². The topological polar surface area (TPSA) is 111 Å². The van der Waals surface area contributed by atoms with Crippen LogP contribution in [0.3, 0.4) is 0 Å². The first-order valence-corrected chi connectivity index (χ1v) is 11.2. The van der Waals surface area contributed by atoms with Crippen LogP contribution in [-0.2, 0) is 9.59 Å². The molecule has 2 aliphatic rings. The molecular formula is C22H34BN3O5. The molecule has 0 bridgehead atoms. The number of anilines is 1. The number of carbonyl (C=O) groups excluding carboxylic acids is 2. The predicted molar refractivity (Wildman–Crippen MR) is 120 cm³/mol. The molecule has 0 unspecified atom stereocenters. The van der Waals surface area contributed by atoms with Gasteiger partial charge in [0.2, 0.25) is 11.8 Å². The van der Waals surface area contributed by atoms with Crippen LogP contribution in [-0.4, -0.2) is 60.7 Å². The average Bonchev–Trinajstić information content (AvgIpc) is 3.50. The molecule has 1 aromatic rings. The van der Waals surface area contributed by atoms with Gasteiger partial charge in [0.1, 0.15) is 17.8 Å². The highest BCUT2D eigenvalue weighted by Gasteiger charge is 2.38. The molecule has 0 spiro atoms. The van der Waals surface area contributed by atoms with Crippen molar-refractivity contribution >= 4 is 24.6 Å². The Labute approximate surface area is 184 Å². The third kappa shape index (κ3) is 6.37. The van der Waals surface area contributed by atoms with E-state index in [-0.39, 0.29) is 23.8 Å². The van der Waals surface area contributed by atoms with Crippen molar-refractivity contribution in [2.75, 3.05) is 18.6 Å². The first kappa shape index (κ1) is 23.4. The third-order valence-electron chi connectivity index (χ3n) is 6.04. The van der Waals surface area contributed by atoms with E-state index in [0.29, 0.717) is 18.8 Å². The number of nitrogens with one attached hydrogen (secondary N) is 2. The summed E-state index contributed by atoms with van der Waals surface area (Å²) >= 11 is 0. The van der Waals surface area contributed by atoms with Crippen molar-refractivity contribution in [3.05, 3.63) is 24.3 Å². The number of methoxy groups -OCH3 is 1. The summed E-state index contributed by atoms with van der Waals surface area (Å²) in [6, 6.07) is 6.57. The Kier molecular flexibility index (Phi) is 7.83.